The second-order valence-corrected chi connectivity index (χ2v) is 9.84. The smallest absolute Gasteiger partial charge is 0.416 e. The molecule has 1 amide bonds. The summed E-state index contributed by atoms with van der Waals surface area (Å²) < 4.78 is 52.1. The molecule has 0 spiro atoms. The number of benzene rings is 3. The lowest BCUT2D eigenvalue weighted by molar-refractivity contribution is -0.138. The summed E-state index contributed by atoms with van der Waals surface area (Å²) in [6, 6.07) is 13.1. The van der Waals surface area contributed by atoms with Gasteiger partial charge in [-0.05, 0) is 54.7 Å². The van der Waals surface area contributed by atoms with E-state index in [1.165, 1.54) is 25.0 Å². The number of ether oxygens (including phenoxy) is 2. The van der Waals surface area contributed by atoms with Crippen LogP contribution >= 0.6 is 11.6 Å². The van der Waals surface area contributed by atoms with Crippen LogP contribution in [-0.2, 0) is 22.2 Å². The minimum absolute atomic E-state index is 0.0465. The first kappa shape index (κ1) is 29.1. The van der Waals surface area contributed by atoms with Crippen molar-refractivity contribution in [1.29, 1.82) is 0 Å². The zero-order valence-corrected chi connectivity index (χ0v) is 22.6. The Morgan fingerprint density at radius 1 is 1.10 bits per heavy atom. The molecule has 212 valence electrons. The van der Waals surface area contributed by atoms with Gasteiger partial charge in [0.2, 0.25) is 0 Å². The standard InChI is InChI=1S/C29H28ClF3N2O5/c1-17-12-19-9-10-35(25(19)16-24(17)29(31,32)33)28(38)27(18-5-7-20(30)8-6-18)34-21-13-22(39-2)15-23(14-21)40-11-3-4-26(36)37/h5-8,12-16,27,34H,3-4,9-11H2,1-2H3,(H,36,37). The van der Waals surface area contributed by atoms with Crippen molar-refractivity contribution < 1.29 is 37.3 Å². The number of nitrogens with zero attached hydrogens (tertiary/aromatic N) is 1. The van der Waals surface area contributed by atoms with Crippen molar-refractivity contribution in [3.05, 3.63) is 81.9 Å². The molecule has 1 heterocycles. The highest BCUT2D eigenvalue weighted by atomic mass is 35.5. The zero-order valence-electron chi connectivity index (χ0n) is 21.8. The van der Waals surface area contributed by atoms with Gasteiger partial charge in [0.25, 0.3) is 5.91 Å². The van der Waals surface area contributed by atoms with Crippen molar-refractivity contribution in [2.24, 2.45) is 0 Å². The number of carboxylic acids is 1. The average molecular weight is 577 g/mol. The van der Waals surface area contributed by atoms with Crippen LogP contribution in [0.15, 0.2) is 54.6 Å². The molecule has 40 heavy (non-hydrogen) atoms. The Bertz CT molecular complexity index is 1400. The third-order valence-electron chi connectivity index (χ3n) is 6.57. The summed E-state index contributed by atoms with van der Waals surface area (Å²) in [5.41, 5.74) is 1.25. The molecule has 11 heteroatoms. The van der Waals surface area contributed by atoms with Crippen LogP contribution in [0.4, 0.5) is 24.5 Å². The monoisotopic (exact) mass is 576 g/mol. The van der Waals surface area contributed by atoms with E-state index in [1.54, 1.807) is 42.5 Å². The molecule has 1 aliphatic rings. The minimum Gasteiger partial charge on any atom is -0.497 e. The molecule has 7 nitrogen and oxygen atoms in total. The molecule has 2 N–H and O–H groups in total. The van der Waals surface area contributed by atoms with E-state index < -0.39 is 29.7 Å². The minimum atomic E-state index is -4.55. The number of aryl methyl sites for hydroxylation is 1. The van der Waals surface area contributed by atoms with Crippen LogP contribution < -0.4 is 19.7 Å². The first-order valence-corrected chi connectivity index (χ1v) is 12.9. The number of halogens is 4. The van der Waals surface area contributed by atoms with E-state index in [4.69, 9.17) is 26.2 Å². The zero-order chi connectivity index (χ0) is 29.0. The highest BCUT2D eigenvalue weighted by Crippen LogP contribution is 2.40. The van der Waals surface area contributed by atoms with E-state index in [-0.39, 0.29) is 30.8 Å². The maximum atomic E-state index is 14.0. The predicted octanol–water partition coefficient (Wildman–Crippen LogP) is 6.66. The summed E-state index contributed by atoms with van der Waals surface area (Å²) in [5, 5.41) is 12.5. The Morgan fingerprint density at radius 3 is 2.45 bits per heavy atom. The second-order valence-electron chi connectivity index (χ2n) is 9.41. The summed E-state index contributed by atoms with van der Waals surface area (Å²) in [4.78, 5) is 26.2. The van der Waals surface area contributed by atoms with Crippen molar-refractivity contribution in [2.45, 2.75) is 38.4 Å². The van der Waals surface area contributed by atoms with Gasteiger partial charge in [0.05, 0.1) is 19.3 Å². The number of nitrogens with one attached hydrogen (secondary N) is 1. The summed E-state index contributed by atoms with van der Waals surface area (Å²) in [7, 11) is 1.47. The number of hydrogen-bond acceptors (Lipinski definition) is 5. The number of anilines is 2. The molecule has 0 saturated heterocycles. The topological polar surface area (TPSA) is 88.1 Å². The molecule has 3 aromatic carbocycles. The Morgan fingerprint density at radius 2 is 1.80 bits per heavy atom. The SMILES string of the molecule is COc1cc(NC(C(=O)N2CCc3cc(C)c(C(F)(F)F)cc32)c2ccc(Cl)cc2)cc(OCCCC(=O)O)c1. The number of carbonyl (C=O) groups excluding carboxylic acids is 1. The third-order valence-corrected chi connectivity index (χ3v) is 6.83. The number of hydrogen-bond donors (Lipinski definition) is 2. The van der Waals surface area contributed by atoms with E-state index in [0.29, 0.717) is 46.2 Å². The summed E-state index contributed by atoms with van der Waals surface area (Å²) in [5.74, 6) is -0.546. The van der Waals surface area contributed by atoms with Gasteiger partial charge in [-0.1, -0.05) is 29.8 Å². The van der Waals surface area contributed by atoms with Gasteiger partial charge in [0.1, 0.15) is 17.5 Å². The van der Waals surface area contributed by atoms with E-state index in [9.17, 15) is 22.8 Å². The summed E-state index contributed by atoms with van der Waals surface area (Å²) in [6.07, 6.45) is -3.86. The molecule has 1 atom stereocenters. The molecule has 0 saturated carbocycles. The van der Waals surface area contributed by atoms with Crippen molar-refractivity contribution in [3.8, 4) is 11.5 Å². The molecule has 1 aliphatic heterocycles. The second kappa shape index (κ2) is 12.1. The predicted molar refractivity (Wildman–Crippen MR) is 145 cm³/mol. The fraction of sp³-hybridized carbons (Fsp3) is 0.310. The van der Waals surface area contributed by atoms with Crippen molar-refractivity contribution >= 4 is 34.9 Å². The number of aliphatic carboxylic acids is 1. The highest BCUT2D eigenvalue weighted by molar-refractivity contribution is 6.30. The maximum Gasteiger partial charge on any atom is 0.416 e. The Hall–Kier alpha value is -3.92. The quantitative estimate of drug-likeness (QED) is 0.262. The molecular formula is C29H28ClF3N2O5. The van der Waals surface area contributed by atoms with Gasteiger partial charge in [0.15, 0.2) is 0 Å². The third kappa shape index (κ3) is 6.80. The molecule has 0 aliphatic carbocycles. The molecule has 0 radical (unpaired) electrons. The van der Waals surface area contributed by atoms with Crippen LogP contribution in [0.1, 0.15) is 41.1 Å². The van der Waals surface area contributed by atoms with Crippen molar-refractivity contribution in [3.63, 3.8) is 0 Å². The van der Waals surface area contributed by atoms with E-state index in [0.717, 1.165) is 6.07 Å². The van der Waals surface area contributed by atoms with Gasteiger partial charge in [0, 0.05) is 47.6 Å². The van der Waals surface area contributed by atoms with E-state index in [1.807, 2.05) is 0 Å². The number of carbonyl (C=O) groups is 2. The lowest BCUT2D eigenvalue weighted by Gasteiger charge is -2.27. The highest BCUT2D eigenvalue weighted by Gasteiger charge is 2.37. The Balaban J connectivity index is 1.67. The van der Waals surface area contributed by atoms with Crippen molar-refractivity contribution in [1.82, 2.24) is 0 Å². The first-order valence-electron chi connectivity index (χ1n) is 12.5. The largest absolute Gasteiger partial charge is 0.497 e. The molecule has 4 rings (SSSR count). The van der Waals surface area contributed by atoms with Crippen LogP contribution in [0.5, 0.6) is 11.5 Å². The Kier molecular flexibility index (Phi) is 8.78. The van der Waals surface area contributed by atoms with Crippen LogP contribution in [-0.4, -0.2) is 37.2 Å². The number of carboxylic acid groups (broad SMARTS) is 1. The Labute approximate surface area is 234 Å². The van der Waals surface area contributed by atoms with E-state index >= 15 is 0 Å². The lowest BCUT2D eigenvalue weighted by atomic mass is 10.0. The molecule has 0 bridgehead atoms. The summed E-state index contributed by atoms with van der Waals surface area (Å²) >= 11 is 6.07. The maximum absolute atomic E-state index is 14.0. The van der Waals surface area contributed by atoms with Gasteiger partial charge < -0.3 is 24.8 Å². The number of amides is 1. The first-order chi connectivity index (χ1) is 19.0. The van der Waals surface area contributed by atoms with Crippen molar-refractivity contribution in [2.75, 3.05) is 30.5 Å². The molecule has 0 fully saturated rings. The lowest BCUT2D eigenvalue weighted by Crippen LogP contribution is -2.37. The fourth-order valence-electron chi connectivity index (χ4n) is 4.63. The van der Waals surface area contributed by atoms with Gasteiger partial charge in [-0.25, -0.2) is 0 Å². The number of methoxy groups -OCH3 is 1. The number of alkyl halides is 3. The normalized spacial score (nSPS) is 13.5. The molecular weight excluding hydrogens is 549 g/mol. The van der Waals surface area contributed by atoms with Gasteiger partial charge in [-0.3, -0.25) is 9.59 Å². The van der Waals surface area contributed by atoms with E-state index in [2.05, 4.69) is 5.32 Å². The molecule has 3 aromatic rings. The fourth-order valence-corrected chi connectivity index (χ4v) is 4.76. The van der Waals surface area contributed by atoms with Crippen LogP contribution in [0.3, 0.4) is 0 Å². The molecule has 0 aromatic heterocycles. The number of fused-ring (bicyclic) bond motifs is 1. The van der Waals surface area contributed by atoms with Gasteiger partial charge in [-0.2, -0.15) is 13.2 Å². The van der Waals surface area contributed by atoms with Gasteiger partial charge >= 0.3 is 12.1 Å². The van der Waals surface area contributed by atoms with Gasteiger partial charge in [-0.15, -0.1) is 0 Å². The average Bonchev–Trinajstić information content (AvgIpc) is 3.31. The summed E-state index contributed by atoms with van der Waals surface area (Å²) in [6.45, 7) is 1.80. The molecule has 1 unspecified atom stereocenters. The van der Waals surface area contributed by atoms with Crippen LogP contribution in [0, 0.1) is 6.92 Å². The van der Waals surface area contributed by atoms with Crippen LogP contribution in [0.25, 0.3) is 0 Å². The van der Waals surface area contributed by atoms with Crippen LogP contribution in [0.2, 0.25) is 5.02 Å². The number of rotatable bonds is 10.